The number of rotatable bonds is 1. The fraction of sp³-hybridized carbons (Fsp3) is 0.333. The van der Waals surface area contributed by atoms with Gasteiger partial charge in [0.25, 0.3) is 0 Å². The van der Waals surface area contributed by atoms with Gasteiger partial charge in [-0.3, -0.25) is 5.84 Å². The van der Waals surface area contributed by atoms with Crippen molar-refractivity contribution >= 4 is 21.6 Å². The molecule has 0 amide bonds. The van der Waals surface area contributed by atoms with Crippen molar-refractivity contribution in [1.29, 1.82) is 0 Å². The fourth-order valence-corrected chi connectivity index (χ4v) is 0.975. The number of nitrogens with one attached hydrogen (secondary N) is 1. The Kier molecular flexibility index (Phi) is 6.36. The summed E-state index contributed by atoms with van der Waals surface area (Å²) in [6.07, 6.45) is 1.25. The van der Waals surface area contributed by atoms with Crippen LogP contribution in [0.3, 0.4) is 0 Å². The van der Waals surface area contributed by atoms with Crippen LogP contribution in [0.4, 0.5) is 5.69 Å². The number of nitrogens with two attached hydrogens (primary N) is 1. The normalized spacial score (nSPS) is 8.62. The monoisotopic (exact) mass is 246 g/mol. The van der Waals surface area contributed by atoms with E-state index in [0.29, 0.717) is 4.47 Å². The molecule has 13 heavy (non-hydrogen) atoms. The number of anilines is 1. The molecule has 0 bridgehead atoms. The summed E-state index contributed by atoms with van der Waals surface area (Å²) in [7, 11) is 0. The zero-order chi connectivity index (χ0) is 10.3. The van der Waals surface area contributed by atoms with E-state index >= 15 is 0 Å². The molecule has 1 rings (SSSR count). The van der Waals surface area contributed by atoms with E-state index in [4.69, 9.17) is 10.9 Å². The van der Waals surface area contributed by atoms with Crippen molar-refractivity contribution in [2.75, 3.05) is 5.43 Å². The largest absolute Gasteiger partial charge is 0.507 e. The van der Waals surface area contributed by atoms with Crippen molar-refractivity contribution in [2.24, 2.45) is 5.84 Å². The number of aromatic hydroxyl groups is 1. The first-order valence-electron chi connectivity index (χ1n) is 4.10. The molecule has 0 unspecified atom stereocenters. The van der Waals surface area contributed by atoms with E-state index in [0.717, 1.165) is 5.69 Å². The van der Waals surface area contributed by atoms with Crippen molar-refractivity contribution in [2.45, 2.75) is 20.3 Å². The number of hydrogen-bond acceptors (Lipinski definition) is 3. The highest BCUT2D eigenvalue weighted by Crippen LogP contribution is 2.25. The fourth-order valence-electron chi connectivity index (χ4n) is 0.597. The van der Waals surface area contributed by atoms with Crippen molar-refractivity contribution in [1.82, 2.24) is 0 Å². The van der Waals surface area contributed by atoms with Gasteiger partial charge in [-0.2, -0.15) is 0 Å². The molecule has 74 valence electrons. The number of hydrazine groups is 1. The zero-order valence-corrected chi connectivity index (χ0v) is 9.43. The summed E-state index contributed by atoms with van der Waals surface area (Å²) >= 11 is 3.14. The molecule has 1 aromatic carbocycles. The van der Waals surface area contributed by atoms with Crippen LogP contribution in [0.5, 0.6) is 5.75 Å². The molecule has 0 aliphatic rings. The summed E-state index contributed by atoms with van der Waals surface area (Å²) in [6, 6.07) is 4.93. The van der Waals surface area contributed by atoms with Crippen LogP contribution in [-0.2, 0) is 0 Å². The standard InChI is InChI=1S/C6H7BrN2O.C3H8/c7-5-3-4(9-8)1-2-6(5)10;1-3-2/h1-3,9-10H,8H2;3H2,1-2H3. The first kappa shape index (κ1) is 12.3. The zero-order valence-electron chi connectivity index (χ0n) is 7.84. The highest BCUT2D eigenvalue weighted by Gasteiger charge is 1.96. The van der Waals surface area contributed by atoms with Crippen molar-refractivity contribution in [3.8, 4) is 5.75 Å². The maximum atomic E-state index is 9.02. The summed E-state index contributed by atoms with van der Waals surface area (Å²) in [5.74, 6) is 5.32. The van der Waals surface area contributed by atoms with Gasteiger partial charge in [0, 0.05) is 5.69 Å². The van der Waals surface area contributed by atoms with Crippen LogP contribution in [0.2, 0.25) is 0 Å². The molecule has 0 aromatic heterocycles. The second kappa shape index (κ2) is 6.74. The lowest BCUT2D eigenvalue weighted by atomic mass is 10.3. The van der Waals surface area contributed by atoms with Gasteiger partial charge in [0.1, 0.15) is 5.75 Å². The molecular weight excluding hydrogens is 232 g/mol. The summed E-state index contributed by atoms with van der Waals surface area (Å²) in [6.45, 7) is 4.25. The topological polar surface area (TPSA) is 58.3 Å². The van der Waals surface area contributed by atoms with Crippen molar-refractivity contribution in [3.05, 3.63) is 22.7 Å². The van der Waals surface area contributed by atoms with Gasteiger partial charge in [0.2, 0.25) is 0 Å². The van der Waals surface area contributed by atoms with E-state index in [9.17, 15) is 0 Å². The predicted molar refractivity (Wildman–Crippen MR) is 59.6 cm³/mol. The molecule has 0 fully saturated rings. The number of phenols is 1. The molecule has 0 atom stereocenters. The van der Waals surface area contributed by atoms with Gasteiger partial charge in [-0.15, -0.1) is 0 Å². The third-order valence-corrected chi connectivity index (χ3v) is 1.75. The summed E-state index contributed by atoms with van der Waals surface area (Å²) in [5, 5.41) is 9.02. The average Bonchev–Trinajstić information content (AvgIpc) is 2.11. The minimum absolute atomic E-state index is 0.207. The maximum Gasteiger partial charge on any atom is 0.129 e. The molecule has 1 aromatic rings. The van der Waals surface area contributed by atoms with E-state index in [1.54, 1.807) is 18.2 Å². The highest BCUT2D eigenvalue weighted by atomic mass is 79.9. The van der Waals surface area contributed by atoms with Crippen LogP contribution in [0.1, 0.15) is 20.3 Å². The number of hydrogen-bond donors (Lipinski definition) is 3. The Bertz CT molecular complexity index is 253. The lowest BCUT2D eigenvalue weighted by molar-refractivity contribution is 0.472. The van der Waals surface area contributed by atoms with Crippen LogP contribution in [0.15, 0.2) is 22.7 Å². The number of phenolic OH excluding ortho intramolecular Hbond substituents is 1. The Morgan fingerprint density at radius 1 is 1.46 bits per heavy atom. The first-order valence-corrected chi connectivity index (χ1v) is 4.90. The van der Waals surface area contributed by atoms with Gasteiger partial charge in [-0.05, 0) is 34.1 Å². The van der Waals surface area contributed by atoms with E-state index in [1.807, 2.05) is 0 Å². The summed E-state index contributed by atoms with van der Waals surface area (Å²) in [5.41, 5.74) is 3.21. The molecular formula is C9H15BrN2O. The van der Waals surface area contributed by atoms with E-state index < -0.39 is 0 Å². The summed E-state index contributed by atoms with van der Waals surface area (Å²) in [4.78, 5) is 0. The second-order valence-corrected chi connectivity index (χ2v) is 3.37. The SMILES string of the molecule is CCC.NNc1ccc(O)c(Br)c1. The Morgan fingerprint density at radius 2 is 2.00 bits per heavy atom. The number of benzene rings is 1. The third-order valence-electron chi connectivity index (χ3n) is 1.11. The lowest BCUT2D eigenvalue weighted by Crippen LogP contribution is -2.05. The lowest BCUT2D eigenvalue weighted by Gasteiger charge is -2.00. The smallest absolute Gasteiger partial charge is 0.129 e. The molecule has 0 spiro atoms. The van der Waals surface area contributed by atoms with Gasteiger partial charge in [-0.1, -0.05) is 20.3 Å². The van der Waals surface area contributed by atoms with Crippen molar-refractivity contribution < 1.29 is 5.11 Å². The Hall–Kier alpha value is -0.740. The minimum Gasteiger partial charge on any atom is -0.507 e. The van der Waals surface area contributed by atoms with Gasteiger partial charge in [0.05, 0.1) is 4.47 Å². The third kappa shape index (κ3) is 4.75. The molecule has 0 heterocycles. The minimum atomic E-state index is 0.207. The summed E-state index contributed by atoms with van der Waals surface area (Å²) < 4.78 is 0.628. The molecule has 4 N–H and O–H groups in total. The van der Waals surface area contributed by atoms with E-state index in [2.05, 4.69) is 35.2 Å². The second-order valence-electron chi connectivity index (χ2n) is 2.52. The van der Waals surface area contributed by atoms with Crippen LogP contribution in [-0.4, -0.2) is 5.11 Å². The maximum absolute atomic E-state index is 9.02. The molecule has 0 radical (unpaired) electrons. The van der Waals surface area contributed by atoms with Crippen LogP contribution >= 0.6 is 15.9 Å². The van der Waals surface area contributed by atoms with Crippen molar-refractivity contribution in [3.63, 3.8) is 0 Å². The first-order chi connectivity index (χ1) is 6.15. The molecule has 0 aliphatic heterocycles. The predicted octanol–water partition coefficient (Wildman–Crippen LogP) is 2.86. The molecule has 0 saturated heterocycles. The van der Waals surface area contributed by atoms with E-state index in [1.165, 1.54) is 6.42 Å². The molecule has 4 heteroatoms. The Morgan fingerprint density at radius 3 is 2.38 bits per heavy atom. The Labute approximate surface area is 87.1 Å². The van der Waals surface area contributed by atoms with Gasteiger partial charge in [0.15, 0.2) is 0 Å². The van der Waals surface area contributed by atoms with Gasteiger partial charge < -0.3 is 10.5 Å². The average molecular weight is 247 g/mol. The quantitative estimate of drug-likeness (QED) is 0.406. The van der Waals surface area contributed by atoms with Crippen LogP contribution in [0.25, 0.3) is 0 Å². The Balaban J connectivity index is 0.000000424. The molecule has 0 aliphatic carbocycles. The van der Waals surface area contributed by atoms with Crippen LogP contribution < -0.4 is 11.3 Å². The van der Waals surface area contributed by atoms with Crippen LogP contribution in [0, 0.1) is 0 Å². The molecule has 3 nitrogen and oxygen atoms in total. The highest BCUT2D eigenvalue weighted by molar-refractivity contribution is 9.10. The van der Waals surface area contributed by atoms with E-state index in [-0.39, 0.29) is 5.75 Å². The molecule has 0 saturated carbocycles. The van der Waals surface area contributed by atoms with Gasteiger partial charge in [-0.25, -0.2) is 0 Å². The number of halogens is 1. The number of nitrogen functional groups attached to an aromatic ring is 1. The van der Waals surface area contributed by atoms with Gasteiger partial charge >= 0.3 is 0 Å².